The Hall–Kier alpha value is -4.24. The van der Waals surface area contributed by atoms with Gasteiger partial charge in [-0.2, -0.15) is 0 Å². The number of nitrogens with one attached hydrogen (secondary N) is 1. The molecule has 1 aliphatic heterocycles. The van der Waals surface area contributed by atoms with Crippen LogP contribution in [0.15, 0.2) is 54.6 Å². The fourth-order valence-electron chi connectivity index (χ4n) is 4.80. The molecule has 2 aromatic heterocycles. The number of carbonyl (C=O) groups excluding carboxylic acids is 2. The van der Waals surface area contributed by atoms with Crippen molar-refractivity contribution in [1.82, 2.24) is 9.97 Å². The van der Waals surface area contributed by atoms with Crippen LogP contribution in [0.3, 0.4) is 0 Å². The molecule has 1 amide bonds. The largest absolute Gasteiger partial charge is 0.494 e. The normalized spacial score (nSPS) is 17.9. The molecule has 1 aliphatic rings. The summed E-state index contributed by atoms with van der Waals surface area (Å²) in [5.74, 6) is -0.0779. The van der Waals surface area contributed by atoms with Gasteiger partial charge in [0.25, 0.3) is 0 Å². The number of Topliss-reactive ketones (excluding diaryl/α,β-unsaturated/α-hetero) is 1. The highest BCUT2D eigenvalue weighted by atomic mass is 19.1. The van der Waals surface area contributed by atoms with Gasteiger partial charge in [-0.25, -0.2) is 9.37 Å². The number of hydrogen-bond acceptors (Lipinski definition) is 6. The topological polar surface area (TPSA) is 128 Å². The van der Waals surface area contributed by atoms with Crippen molar-refractivity contribution in [2.75, 3.05) is 13.2 Å². The van der Waals surface area contributed by atoms with Gasteiger partial charge in [0, 0.05) is 28.5 Å². The number of amides is 1. The average Bonchev–Trinajstić information content (AvgIpc) is 3.49. The van der Waals surface area contributed by atoms with Crippen LogP contribution in [0.4, 0.5) is 4.39 Å². The fraction of sp³-hybridized carbons (Fsp3) is 0.300. The van der Waals surface area contributed by atoms with Gasteiger partial charge in [0.2, 0.25) is 5.91 Å². The van der Waals surface area contributed by atoms with Crippen LogP contribution in [0, 0.1) is 5.82 Å². The molecule has 3 heterocycles. The van der Waals surface area contributed by atoms with E-state index in [4.69, 9.17) is 15.2 Å². The summed E-state index contributed by atoms with van der Waals surface area (Å²) in [7, 11) is 0. The Bertz CT molecular complexity index is 1580. The number of aliphatic hydroxyl groups is 1. The van der Waals surface area contributed by atoms with E-state index in [1.165, 1.54) is 12.1 Å². The number of hydrogen-bond donors (Lipinski definition) is 3. The van der Waals surface area contributed by atoms with E-state index in [2.05, 4.69) is 9.97 Å². The first-order valence-electron chi connectivity index (χ1n) is 12.8. The molecule has 2 aromatic carbocycles. The third-order valence-electron chi connectivity index (χ3n) is 7.33. The lowest BCUT2D eigenvalue weighted by Gasteiger charge is -2.25. The lowest BCUT2D eigenvalue weighted by atomic mass is 9.81. The molecule has 0 unspecified atom stereocenters. The Morgan fingerprint density at radius 1 is 1.21 bits per heavy atom. The number of nitrogens with two attached hydrogens (primary N) is 1. The van der Waals surface area contributed by atoms with Gasteiger partial charge in [0.15, 0.2) is 5.78 Å². The van der Waals surface area contributed by atoms with Crippen molar-refractivity contribution in [2.45, 2.75) is 44.6 Å². The predicted molar refractivity (Wildman–Crippen MR) is 144 cm³/mol. The first kappa shape index (κ1) is 26.4. The number of rotatable bonds is 9. The van der Waals surface area contributed by atoms with Gasteiger partial charge in [0.1, 0.15) is 40.6 Å². The molecule has 0 fully saturated rings. The molecule has 4 aromatic rings. The van der Waals surface area contributed by atoms with Gasteiger partial charge in [-0.1, -0.05) is 0 Å². The number of aromatic nitrogens is 2. The Morgan fingerprint density at radius 3 is 2.64 bits per heavy atom. The summed E-state index contributed by atoms with van der Waals surface area (Å²) in [4.78, 5) is 33.3. The van der Waals surface area contributed by atoms with Gasteiger partial charge in [-0.05, 0) is 81.8 Å². The molecule has 0 saturated heterocycles. The molecule has 202 valence electrons. The number of H-pyrrole nitrogens is 1. The zero-order valence-corrected chi connectivity index (χ0v) is 22.0. The summed E-state index contributed by atoms with van der Waals surface area (Å²) in [6.45, 7) is 5.71. The third-order valence-corrected chi connectivity index (χ3v) is 7.33. The molecule has 8 nitrogen and oxygen atoms in total. The number of benzene rings is 2. The maximum Gasteiger partial charge on any atom is 0.231 e. The van der Waals surface area contributed by atoms with Crippen molar-refractivity contribution >= 4 is 22.6 Å². The van der Waals surface area contributed by atoms with Crippen molar-refractivity contribution in [3.05, 3.63) is 77.4 Å². The van der Waals surface area contributed by atoms with Crippen molar-refractivity contribution in [2.24, 2.45) is 5.73 Å². The molecule has 0 saturated carbocycles. The van der Waals surface area contributed by atoms with E-state index >= 15 is 0 Å². The Labute approximate surface area is 225 Å². The summed E-state index contributed by atoms with van der Waals surface area (Å²) in [6, 6.07) is 14.6. The van der Waals surface area contributed by atoms with E-state index in [0.717, 1.165) is 16.7 Å². The van der Waals surface area contributed by atoms with E-state index in [1.807, 2.05) is 25.1 Å². The van der Waals surface area contributed by atoms with Crippen LogP contribution in [0.5, 0.6) is 11.5 Å². The summed E-state index contributed by atoms with van der Waals surface area (Å²) < 4.78 is 25.0. The van der Waals surface area contributed by atoms with Crippen molar-refractivity contribution in [1.29, 1.82) is 0 Å². The minimum Gasteiger partial charge on any atom is -0.494 e. The maximum atomic E-state index is 13.6. The van der Waals surface area contributed by atoms with Crippen molar-refractivity contribution in [3.63, 3.8) is 0 Å². The van der Waals surface area contributed by atoms with E-state index in [-0.39, 0.29) is 30.9 Å². The summed E-state index contributed by atoms with van der Waals surface area (Å²) >= 11 is 0. The summed E-state index contributed by atoms with van der Waals surface area (Å²) in [5.41, 5.74) is 5.95. The van der Waals surface area contributed by atoms with Crippen LogP contribution in [-0.2, 0) is 15.8 Å². The van der Waals surface area contributed by atoms with Gasteiger partial charge in [0.05, 0.1) is 18.0 Å². The van der Waals surface area contributed by atoms with Crippen LogP contribution in [-0.4, -0.2) is 40.0 Å². The summed E-state index contributed by atoms with van der Waals surface area (Å²) in [6.07, 6.45) is 0.0978. The number of nitrogens with zero attached hydrogens (tertiary/aromatic N) is 1. The number of fused-ring (bicyclic) bond motifs is 2. The fourth-order valence-corrected chi connectivity index (χ4v) is 4.80. The predicted octanol–water partition coefficient (Wildman–Crippen LogP) is 4.77. The minimum absolute atomic E-state index is 0.0169. The SMILES string of the molecule is CCOc1ccc2[nH]c(C(=O)CC[C@](C)(O)c3cc4c(c(-c5ccc(F)cc5)n3)OC[C@]4(C)C(N)=O)cc2c1. The van der Waals surface area contributed by atoms with Crippen LogP contribution >= 0.6 is 0 Å². The van der Waals surface area contributed by atoms with E-state index in [0.29, 0.717) is 34.9 Å². The summed E-state index contributed by atoms with van der Waals surface area (Å²) in [5, 5.41) is 12.4. The number of pyridine rings is 1. The monoisotopic (exact) mass is 531 g/mol. The van der Waals surface area contributed by atoms with Gasteiger partial charge >= 0.3 is 0 Å². The van der Waals surface area contributed by atoms with Crippen molar-refractivity contribution < 1.29 is 28.6 Å². The second kappa shape index (κ2) is 9.81. The molecule has 0 aliphatic carbocycles. The molecule has 9 heteroatoms. The first-order valence-corrected chi connectivity index (χ1v) is 12.8. The lowest BCUT2D eigenvalue weighted by molar-refractivity contribution is -0.123. The first-order chi connectivity index (χ1) is 18.5. The number of ketones is 1. The highest BCUT2D eigenvalue weighted by molar-refractivity contribution is 5.99. The van der Waals surface area contributed by atoms with E-state index in [9.17, 15) is 19.1 Å². The smallest absolute Gasteiger partial charge is 0.231 e. The average molecular weight is 532 g/mol. The van der Waals surface area contributed by atoms with Gasteiger partial charge < -0.3 is 25.3 Å². The standard InChI is InChI=1S/C30H30FN3O5/c1-4-38-20-9-10-22-18(13-20)14-23(33-22)24(35)11-12-30(3,37)25-15-21-27(39-16-29(21,2)28(32)36)26(34-25)17-5-7-19(31)8-6-17/h5-10,13-15,33,37H,4,11-12,16H2,1-3H3,(H2,32,36)/t29-,30-/m0/s1. The zero-order valence-electron chi connectivity index (χ0n) is 22.0. The minimum atomic E-state index is -1.53. The molecule has 4 N–H and O–H groups in total. The molecule has 0 bridgehead atoms. The molecule has 5 rings (SSSR count). The number of halogens is 1. The Kier molecular flexibility index (Phi) is 6.64. The number of aromatic amines is 1. The number of primary amides is 1. The highest BCUT2D eigenvalue weighted by Gasteiger charge is 2.45. The van der Waals surface area contributed by atoms with Crippen molar-refractivity contribution in [3.8, 4) is 22.8 Å². The van der Waals surface area contributed by atoms with E-state index < -0.39 is 22.7 Å². The number of carbonyl (C=O) groups is 2. The molecule has 2 atom stereocenters. The Morgan fingerprint density at radius 2 is 1.95 bits per heavy atom. The molecule has 0 radical (unpaired) electrons. The van der Waals surface area contributed by atoms with Crippen LogP contribution < -0.4 is 15.2 Å². The molecule has 39 heavy (non-hydrogen) atoms. The second-order valence-corrected chi connectivity index (χ2v) is 10.3. The zero-order chi connectivity index (χ0) is 27.9. The molecule has 0 spiro atoms. The van der Waals surface area contributed by atoms with E-state index in [1.54, 1.807) is 38.1 Å². The van der Waals surface area contributed by atoms with Crippen LogP contribution in [0.2, 0.25) is 0 Å². The Balaban J connectivity index is 1.45. The van der Waals surface area contributed by atoms with Crippen LogP contribution in [0.25, 0.3) is 22.2 Å². The third kappa shape index (κ3) is 4.85. The number of ether oxygens (including phenoxy) is 2. The maximum absolute atomic E-state index is 13.6. The van der Waals surface area contributed by atoms with Gasteiger partial charge in [-0.15, -0.1) is 0 Å². The molecular formula is C30H30FN3O5. The van der Waals surface area contributed by atoms with Crippen LogP contribution in [0.1, 0.15) is 55.4 Å². The quantitative estimate of drug-likeness (QED) is 0.267. The second-order valence-electron chi connectivity index (χ2n) is 10.3. The highest BCUT2D eigenvalue weighted by Crippen LogP contribution is 2.46. The van der Waals surface area contributed by atoms with Gasteiger partial charge in [-0.3, -0.25) is 9.59 Å². The lowest BCUT2D eigenvalue weighted by Crippen LogP contribution is -2.40. The molecular weight excluding hydrogens is 501 g/mol.